The number of rotatable bonds is 4. The summed E-state index contributed by atoms with van der Waals surface area (Å²) in [4.78, 5) is 27.8. The van der Waals surface area contributed by atoms with Crippen molar-refractivity contribution in [3.8, 4) is 17.2 Å². The Morgan fingerprint density at radius 2 is 1.58 bits per heavy atom. The smallest absolute Gasteiger partial charge is 0.355 e. The lowest BCUT2D eigenvalue weighted by Gasteiger charge is -2.36. The van der Waals surface area contributed by atoms with Crippen LogP contribution in [-0.2, 0) is 25.5 Å². The molecule has 0 bridgehead atoms. The summed E-state index contributed by atoms with van der Waals surface area (Å²) in [7, 11) is 2.47. The van der Waals surface area contributed by atoms with Crippen LogP contribution in [-0.4, -0.2) is 26.2 Å². The Hall–Kier alpha value is -4.83. The standard InChI is InChI=1S/C29H23N3O4/c1-35-28(33)25-24(17-8-4-3-5-9-17)23(16-30)27(31)32(26(25)29(34)36-2)20-12-13-22-19(15-20)14-18-10-6-7-11-21(18)22/h3-13,15,24H,14,31H2,1-2H3. The van der Waals surface area contributed by atoms with E-state index in [-0.39, 0.29) is 22.7 Å². The van der Waals surface area contributed by atoms with Crippen LogP contribution in [0.1, 0.15) is 22.6 Å². The fourth-order valence-corrected chi connectivity index (χ4v) is 5.05. The van der Waals surface area contributed by atoms with E-state index in [0.717, 1.165) is 23.1 Å². The number of carbonyl (C=O) groups excluding carboxylic acids is 2. The van der Waals surface area contributed by atoms with Gasteiger partial charge >= 0.3 is 11.9 Å². The molecule has 0 amide bonds. The quantitative estimate of drug-likeness (QED) is 0.440. The number of methoxy groups -OCH3 is 2. The number of hydrogen-bond acceptors (Lipinski definition) is 7. The van der Waals surface area contributed by atoms with Gasteiger partial charge < -0.3 is 15.2 Å². The van der Waals surface area contributed by atoms with Gasteiger partial charge in [-0.2, -0.15) is 5.26 Å². The zero-order valence-electron chi connectivity index (χ0n) is 19.8. The van der Waals surface area contributed by atoms with Gasteiger partial charge in [0.1, 0.15) is 11.5 Å². The summed E-state index contributed by atoms with van der Waals surface area (Å²) in [6.45, 7) is 0. The number of ether oxygens (including phenoxy) is 2. The Morgan fingerprint density at radius 3 is 2.28 bits per heavy atom. The lowest BCUT2D eigenvalue weighted by Crippen LogP contribution is -2.40. The Kier molecular flexibility index (Phi) is 5.79. The number of allylic oxidation sites excluding steroid dienone is 1. The van der Waals surface area contributed by atoms with Gasteiger partial charge in [0.15, 0.2) is 0 Å². The fraction of sp³-hybridized carbons (Fsp3) is 0.138. The molecular formula is C29H23N3O4. The van der Waals surface area contributed by atoms with Crippen LogP contribution in [0.4, 0.5) is 5.69 Å². The van der Waals surface area contributed by atoms with Gasteiger partial charge in [-0.25, -0.2) is 9.59 Å². The Bertz CT molecular complexity index is 1500. The molecule has 5 rings (SSSR count). The largest absolute Gasteiger partial charge is 0.466 e. The molecule has 0 fully saturated rings. The average Bonchev–Trinajstić information content (AvgIpc) is 3.29. The highest BCUT2D eigenvalue weighted by atomic mass is 16.5. The predicted molar refractivity (Wildman–Crippen MR) is 134 cm³/mol. The summed E-state index contributed by atoms with van der Waals surface area (Å²) >= 11 is 0. The van der Waals surface area contributed by atoms with Crippen molar-refractivity contribution in [1.29, 1.82) is 5.26 Å². The molecule has 1 atom stereocenters. The van der Waals surface area contributed by atoms with E-state index in [1.54, 1.807) is 24.3 Å². The molecule has 3 aromatic carbocycles. The van der Waals surface area contributed by atoms with Crippen LogP contribution < -0.4 is 10.6 Å². The molecule has 2 N–H and O–H groups in total. The number of nitriles is 1. The third-order valence-electron chi connectivity index (χ3n) is 6.65. The first-order valence-corrected chi connectivity index (χ1v) is 11.4. The maximum absolute atomic E-state index is 13.2. The minimum absolute atomic E-state index is 0.00918. The van der Waals surface area contributed by atoms with Gasteiger partial charge in [-0.1, -0.05) is 60.7 Å². The van der Waals surface area contributed by atoms with Crippen molar-refractivity contribution in [2.45, 2.75) is 12.3 Å². The molecule has 7 nitrogen and oxygen atoms in total. The van der Waals surface area contributed by atoms with Gasteiger partial charge in [-0.3, -0.25) is 4.90 Å². The number of esters is 2. The Balaban J connectivity index is 1.75. The van der Waals surface area contributed by atoms with E-state index in [9.17, 15) is 14.9 Å². The number of anilines is 1. The van der Waals surface area contributed by atoms with Gasteiger partial charge in [-0.15, -0.1) is 0 Å². The summed E-state index contributed by atoms with van der Waals surface area (Å²) in [5.41, 5.74) is 12.3. The average molecular weight is 478 g/mol. The van der Waals surface area contributed by atoms with Crippen molar-refractivity contribution in [2.24, 2.45) is 5.73 Å². The molecule has 3 aromatic rings. The molecule has 0 aromatic heterocycles. The summed E-state index contributed by atoms with van der Waals surface area (Å²) < 4.78 is 10.2. The number of fused-ring (bicyclic) bond motifs is 3. The molecule has 1 aliphatic heterocycles. The first kappa shape index (κ1) is 22.9. The lowest BCUT2D eigenvalue weighted by molar-refractivity contribution is -0.139. The van der Waals surface area contributed by atoms with Crippen LogP contribution >= 0.6 is 0 Å². The highest BCUT2D eigenvalue weighted by Crippen LogP contribution is 2.45. The number of benzene rings is 3. The summed E-state index contributed by atoms with van der Waals surface area (Å²) in [6, 6.07) is 25.0. The van der Waals surface area contributed by atoms with Crippen LogP contribution in [0.3, 0.4) is 0 Å². The highest BCUT2D eigenvalue weighted by molar-refractivity contribution is 6.06. The van der Waals surface area contributed by atoms with Gasteiger partial charge in [0.05, 0.1) is 37.4 Å². The minimum atomic E-state index is -0.896. The van der Waals surface area contributed by atoms with Gasteiger partial charge in [-0.05, 0) is 46.4 Å². The zero-order chi connectivity index (χ0) is 25.4. The second-order valence-corrected chi connectivity index (χ2v) is 8.51. The monoisotopic (exact) mass is 477 g/mol. The first-order valence-electron chi connectivity index (χ1n) is 11.4. The molecule has 1 aliphatic carbocycles. The molecule has 0 spiro atoms. The summed E-state index contributed by atoms with van der Waals surface area (Å²) in [6.07, 6.45) is 0.718. The molecule has 0 saturated carbocycles. The van der Waals surface area contributed by atoms with E-state index >= 15 is 0 Å². The zero-order valence-corrected chi connectivity index (χ0v) is 19.8. The molecule has 178 valence electrons. The molecule has 36 heavy (non-hydrogen) atoms. The van der Waals surface area contributed by atoms with E-state index in [4.69, 9.17) is 15.2 Å². The van der Waals surface area contributed by atoms with Crippen LogP contribution in [0.2, 0.25) is 0 Å². The van der Waals surface area contributed by atoms with Gasteiger partial charge in [0.25, 0.3) is 0 Å². The van der Waals surface area contributed by atoms with E-state index in [1.807, 2.05) is 36.4 Å². The number of nitrogens with zero attached hydrogens (tertiary/aromatic N) is 2. The van der Waals surface area contributed by atoms with Crippen molar-refractivity contribution in [1.82, 2.24) is 0 Å². The maximum Gasteiger partial charge on any atom is 0.355 e. The molecule has 1 heterocycles. The minimum Gasteiger partial charge on any atom is -0.466 e. The third kappa shape index (κ3) is 3.51. The van der Waals surface area contributed by atoms with E-state index in [1.165, 1.54) is 24.7 Å². The van der Waals surface area contributed by atoms with E-state index < -0.39 is 17.9 Å². The van der Waals surface area contributed by atoms with Crippen LogP contribution in [0, 0.1) is 11.3 Å². The summed E-state index contributed by atoms with van der Waals surface area (Å²) in [5, 5.41) is 10.2. The van der Waals surface area contributed by atoms with Gasteiger partial charge in [0.2, 0.25) is 0 Å². The molecular weight excluding hydrogens is 454 g/mol. The van der Waals surface area contributed by atoms with Crippen LogP contribution in [0.25, 0.3) is 11.1 Å². The Labute approximate surface area is 208 Å². The van der Waals surface area contributed by atoms with Crippen molar-refractivity contribution >= 4 is 17.6 Å². The second-order valence-electron chi connectivity index (χ2n) is 8.51. The fourth-order valence-electron chi connectivity index (χ4n) is 5.05. The second kappa shape index (κ2) is 9.08. The topological polar surface area (TPSA) is 106 Å². The van der Waals surface area contributed by atoms with Crippen molar-refractivity contribution in [3.05, 3.63) is 112 Å². The number of nitrogens with two attached hydrogens (primary N) is 1. The van der Waals surface area contributed by atoms with Crippen LogP contribution in [0.15, 0.2) is 95.5 Å². The van der Waals surface area contributed by atoms with Crippen molar-refractivity contribution in [2.75, 3.05) is 19.1 Å². The van der Waals surface area contributed by atoms with E-state index in [0.29, 0.717) is 11.3 Å². The third-order valence-corrected chi connectivity index (χ3v) is 6.65. The maximum atomic E-state index is 13.2. The van der Waals surface area contributed by atoms with Gasteiger partial charge in [0, 0.05) is 5.69 Å². The Morgan fingerprint density at radius 1 is 0.917 bits per heavy atom. The normalized spacial score (nSPS) is 16.2. The van der Waals surface area contributed by atoms with Crippen molar-refractivity contribution in [3.63, 3.8) is 0 Å². The number of hydrogen-bond donors (Lipinski definition) is 1. The highest BCUT2D eigenvalue weighted by Gasteiger charge is 2.43. The van der Waals surface area contributed by atoms with E-state index in [2.05, 4.69) is 18.2 Å². The number of carbonyl (C=O) groups is 2. The molecule has 2 aliphatic rings. The summed E-state index contributed by atoms with van der Waals surface area (Å²) in [5.74, 6) is -2.36. The molecule has 1 unspecified atom stereocenters. The SMILES string of the molecule is COC(=O)C1=C(C(=O)OC)N(c2ccc3c(c2)Cc2ccccc2-3)C(N)=C(C#N)C1c1ccccc1. The molecule has 0 saturated heterocycles. The van der Waals surface area contributed by atoms with Crippen molar-refractivity contribution < 1.29 is 19.1 Å². The molecule has 7 heteroatoms. The van der Waals surface area contributed by atoms with Crippen LogP contribution in [0.5, 0.6) is 0 Å². The lowest BCUT2D eigenvalue weighted by atomic mass is 9.81. The first-order chi connectivity index (χ1) is 17.5. The molecule has 0 radical (unpaired) electrons. The predicted octanol–water partition coefficient (Wildman–Crippen LogP) is 4.16.